The summed E-state index contributed by atoms with van der Waals surface area (Å²) in [5, 5.41) is 0. The molecule has 2 nitrogen and oxygen atoms in total. The van der Waals surface area contributed by atoms with Gasteiger partial charge in [0, 0.05) is 6.61 Å². The standard InChI is InChI=1S/C16H35NO/c1-4-5-6-7-8-9-10-11-12-13-14-15-18-16-17(2)3/h4-16H2,1-3H3. The first-order chi connectivity index (χ1) is 8.77. The molecule has 0 saturated heterocycles. The first kappa shape index (κ1) is 17.9. The van der Waals surface area contributed by atoms with E-state index in [4.69, 9.17) is 4.74 Å². The van der Waals surface area contributed by atoms with Crippen molar-refractivity contribution in [3.8, 4) is 0 Å². The Balaban J connectivity index is 2.90. The van der Waals surface area contributed by atoms with Crippen LogP contribution in [-0.4, -0.2) is 32.3 Å². The van der Waals surface area contributed by atoms with Crippen LogP contribution < -0.4 is 0 Å². The van der Waals surface area contributed by atoms with Crippen LogP contribution in [-0.2, 0) is 4.74 Å². The predicted octanol–water partition coefficient (Wildman–Crippen LogP) is 4.83. The van der Waals surface area contributed by atoms with Gasteiger partial charge in [-0.05, 0) is 20.5 Å². The van der Waals surface area contributed by atoms with E-state index in [1.807, 2.05) is 14.1 Å². The maximum Gasteiger partial charge on any atom is 0.0985 e. The Morgan fingerprint density at radius 3 is 1.56 bits per heavy atom. The minimum Gasteiger partial charge on any atom is -0.366 e. The Labute approximate surface area is 115 Å². The molecule has 0 amide bonds. The largest absolute Gasteiger partial charge is 0.366 e. The van der Waals surface area contributed by atoms with Crippen LogP contribution in [0.4, 0.5) is 0 Å². The molecule has 0 radical (unpaired) electrons. The van der Waals surface area contributed by atoms with Gasteiger partial charge in [0.1, 0.15) is 0 Å². The van der Waals surface area contributed by atoms with Gasteiger partial charge < -0.3 is 4.74 Å². The van der Waals surface area contributed by atoms with Crippen molar-refractivity contribution in [3.05, 3.63) is 0 Å². The highest BCUT2D eigenvalue weighted by Gasteiger charge is 1.94. The van der Waals surface area contributed by atoms with Crippen molar-refractivity contribution < 1.29 is 4.74 Å². The Morgan fingerprint density at radius 2 is 1.11 bits per heavy atom. The average Bonchev–Trinajstić information content (AvgIpc) is 2.34. The molecule has 0 aliphatic carbocycles. The van der Waals surface area contributed by atoms with E-state index in [1.165, 1.54) is 70.6 Å². The van der Waals surface area contributed by atoms with Crippen LogP contribution in [0.2, 0.25) is 0 Å². The number of unbranched alkanes of at least 4 members (excludes halogenated alkanes) is 10. The van der Waals surface area contributed by atoms with E-state index in [-0.39, 0.29) is 0 Å². The van der Waals surface area contributed by atoms with E-state index < -0.39 is 0 Å². The molecule has 0 unspecified atom stereocenters. The van der Waals surface area contributed by atoms with Crippen molar-refractivity contribution >= 4 is 0 Å². The monoisotopic (exact) mass is 257 g/mol. The van der Waals surface area contributed by atoms with Crippen molar-refractivity contribution in [2.75, 3.05) is 27.4 Å². The highest BCUT2D eigenvalue weighted by Crippen LogP contribution is 2.11. The lowest BCUT2D eigenvalue weighted by Gasteiger charge is -2.09. The first-order valence-corrected chi connectivity index (χ1v) is 8.00. The molecular weight excluding hydrogens is 222 g/mol. The van der Waals surface area contributed by atoms with Crippen molar-refractivity contribution in [3.63, 3.8) is 0 Å². The predicted molar refractivity (Wildman–Crippen MR) is 81.0 cm³/mol. The SMILES string of the molecule is CCCCCCCCCCCCCOCN(C)C. The normalized spacial score (nSPS) is 11.3. The summed E-state index contributed by atoms with van der Waals surface area (Å²) in [5.41, 5.74) is 0. The minimum absolute atomic E-state index is 0.762. The molecule has 0 N–H and O–H groups in total. The van der Waals surface area contributed by atoms with Crippen LogP contribution in [0.15, 0.2) is 0 Å². The molecule has 0 heterocycles. The van der Waals surface area contributed by atoms with Crippen molar-refractivity contribution in [2.45, 2.75) is 77.6 Å². The zero-order valence-electron chi connectivity index (χ0n) is 13.0. The molecule has 0 aromatic heterocycles. The Kier molecular flexibility index (Phi) is 14.9. The Hall–Kier alpha value is -0.0800. The quantitative estimate of drug-likeness (QED) is 0.326. The molecule has 0 fully saturated rings. The lowest BCUT2D eigenvalue weighted by Crippen LogP contribution is -2.16. The van der Waals surface area contributed by atoms with Gasteiger partial charge in [0.2, 0.25) is 0 Å². The first-order valence-electron chi connectivity index (χ1n) is 8.00. The third-order valence-corrected chi connectivity index (χ3v) is 3.24. The second-order valence-corrected chi connectivity index (χ2v) is 5.65. The summed E-state index contributed by atoms with van der Waals surface area (Å²) < 4.78 is 5.50. The average molecular weight is 257 g/mol. The summed E-state index contributed by atoms with van der Waals surface area (Å²) in [6, 6.07) is 0. The molecule has 0 atom stereocenters. The molecule has 110 valence electrons. The number of ether oxygens (including phenoxy) is 1. The molecule has 0 saturated carbocycles. The van der Waals surface area contributed by atoms with Crippen LogP contribution in [0.5, 0.6) is 0 Å². The zero-order chi connectivity index (χ0) is 13.5. The summed E-state index contributed by atoms with van der Waals surface area (Å²) in [7, 11) is 4.08. The molecule has 0 spiro atoms. The van der Waals surface area contributed by atoms with E-state index in [9.17, 15) is 0 Å². The van der Waals surface area contributed by atoms with Crippen LogP contribution in [0, 0.1) is 0 Å². The van der Waals surface area contributed by atoms with Gasteiger partial charge in [0.05, 0.1) is 6.73 Å². The molecule has 18 heavy (non-hydrogen) atoms. The molecule has 0 rings (SSSR count). The second-order valence-electron chi connectivity index (χ2n) is 5.65. The summed E-state index contributed by atoms with van der Waals surface area (Å²) in [4.78, 5) is 2.07. The molecule has 0 aliphatic rings. The molecule has 0 aromatic rings. The van der Waals surface area contributed by atoms with Gasteiger partial charge in [-0.1, -0.05) is 71.1 Å². The number of hydrogen-bond acceptors (Lipinski definition) is 2. The maximum atomic E-state index is 5.50. The third kappa shape index (κ3) is 15.9. The van der Waals surface area contributed by atoms with E-state index in [0.717, 1.165) is 13.3 Å². The molecule has 0 bridgehead atoms. The number of rotatable bonds is 14. The third-order valence-electron chi connectivity index (χ3n) is 3.24. The van der Waals surface area contributed by atoms with Crippen LogP contribution in [0.25, 0.3) is 0 Å². The number of nitrogens with zero attached hydrogens (tertiary/aromatic N) is 1. The van der Waals surface area contributed by atoms with E-state index in [2.05, 4.69) is 11.8 Å². The lowest BCUT2D eigenvalue weighted by atomic mass is 10.1. The topological polar surface area (TPSA) is 12.5 Å². The zero-order valence-corrected chi connectivity index (χ0v) is 13.0. The van der Waals surface area contributed by atoms with Crippen molar-refractivity contribution in [1.82, 2.24) is 4.90 Å². The van der Waals surface area contributed by atoms with Gasteiger partial charge >= 0.3 is 0 Å². The lowest BCUT2D eigenvalue weighted by molar-refractivity contribution is 0.0539. The van der Waals surface area contributed by atoms with Crippen LogP contribution in [0.1, 0.15) is 77.6 Å². The smallest absolute Gasteiger partial charge is 0.0985 e. The Bertz CT molecular complexity index is 148. The highest BCUT2D eigenvalue weighted by atomic mass is 16.5. The van der Waals surface area contributed by atoms with Gasteiger partial charge in [-0.2, -0.15) is 0 Å². The van der Waals surface area contributed by atoms with E-state index in [1.54, 1.807) is 0 Å². The molecular formula is C16H35NO. The minimum atomic E-state index is 0.762. The number of hydrogen-bond donors (Lipinski definition) is 0. The Morgan fingerprint density at radius 1 is 0.667 bits per heavy atom. The fraction of sp³-hybridized carbons (Fsp3) is 1.00. The van der Waals surface area contributed by atoms with Gasteiger partial charge in [-0.15, -0.1) is 0 Å². The summed E-state index contributed by atoms with van der Waals surface area (Å²) >= 11 is 0. The van der Waals surface area contributed by atoms with Crippen LogP contribution >= 0.6 is 0 Å². The van der Waals surface area contributed by atoms with Crippen molar-refractivity contribution in [1.29, 1.82) is 0 Å². The van der Waals surface area contributed by atoms with Crippen LogP contribution in [0.3, 0.4) is 0 Å². The highest BCUT2D eigenvalue weighted by molar-refractivity contribution is 4.47. The fourth-order valence-corrected chi connectivity index (χ4v) is 2.12. The van der Waals surface area contributed by atoms with Gasteiger partial charge in [0.15, 0.2) is 0 Å². The maximum absolute atomic E-state index is 5.50. The van der Waals surface area contributed by atoms with Crippen molar-refractivity contribution in [2.24, 2.45) is 0 Å². The summed E-state index contributed by atoms with van der Waals surface area (Å²) in [6.45, 7) is 3.97. The van der Waals surface area contributed by atoms with Gasteiger partial charge in [-0.3, -0.25) is 4.90 Å². The fourth-order valence-electron chi connectivity index (χ4n) is 2.12. The summed E-state index contributed by atoms with van der Waals surface area (Å²) in [6.07, 6.45) is 15.4. The molecule has 2 heteroatoms. The van der Waals surface area contributed by atoms with E-state index >= 15 is 0 Å². The second kappa shape index (κ2) is 15.0. The van der Waals surface area contributed by atoms with E-state index in [0.29, 0.717) is 0 Å². The summed E-state index contributed by atoms with van der Waals surface area (Å²) in [5.74, 6) is 0. The van der Waals surface area contributed by atoms with Gasteiger partial charge in [-0.25, -0.2) is 0 Å². The molecule has 0 aromatic carbocycles. The molecule has 0 aliphatic heterocycles. The van der Waals surface area contributed by atoms with Gasteiger partial charge in [0.25, 0.3) is 0 Å².